The van der Waals surface area contributed by atoms with E-state index in [4.69, 9.17) is 10.4 Å². The highest BCUT2D eigenvalue weighted by Crippen LogP contribution is 2.59. The lowest BCUT2D eigenvalue weighted by atomic mass is 10.1. The number of hydrogen-bond acceptors (Lipinski definition) is 2. The fourth-order valence-corrected chi connectivity index (χ4v) is 1.96. The van der Waals surface area contributed by atoms with Gasteiger partial charge in [-0.05, 0) is 24.3 Å². The summed E-state index contributed by atoms with van der Waals surface area (Å²) in [6.45, 7) is 5.66. The Labute approximate surface area is 89.7 Å². The predicted octanol–water partition coefficient (Wildman–Crippen LogP) is 2.37. The van der Waals surface area contributed by atoms with E-state index < -0.39 is 5.97 Å². The SMILES string of the molecule is C/C=C/C(C#N)=C/C1[C@@H](C(=O)O)C1(C)C. The van der Waals surface area contributed by atoms with Crippen molar-refractivity contribution in [3.63, 3.8) is 0 Å². The van der Waals surface area contributed by atoms with Gasteiger partial charge in [-0.25, -0.2) is 0 Å². The fraction of sp³-hybridized carbons (Fsp3) is 0.500. The Balaban J connectivity index is 2.86. The van der Waals surface area contributed by atoms with E-state index in [0.29, 0.717) is 5.57 Å². The third-order valence-electron chi connectivity index (χ3n) is 3.01. The normalized spacial score (nSPS) is 28.8. The number of aliphatic carboxylic acids is 1. The van der Waals surface area contributed by atoms with Crippen LogP contribution < -0.4 is 0 Å². The average Bonchev–Trinajstić information content (AvgIpc) is 2.67. The molecule has 1 rings (SSSR count). The number of rotatable bonds is 3. The van der Waals surface area contributed by atoms with Gasteiger partial charge in [0.2, 0.25) is 0 Å². The van der Waals surface area contributed by atoms with E-state index >= 15 is 0 Å². The minimum atomic E-state index is -0.779. The Morgan fingerprint density at radius 3 is 2.47 bits per heavy atom. The smallest absolute Gasteiger partial charge is 0.307 e. The lowest BCUT2D eigenvalue weighted by molar-refractivity contribution is -0.139. The molecule has 3 nitrogen and oxygen atoms in total. The van der Waals surface area contributed by atoms with Gasteiger partial charge in [0.15, 0.2) is 0 Å². The summed E-state index contributed by atoms with van der Waals surface area (Å²) in [6, 6.07) is 2.05. The van der Waals surface area contributed by atoms with Crippen LogP contribution in [-0.4, -0.2) is 11.1 Å². The maximum atomic E-state index is 10.9. The first kappa shape index (κ1) is 11.5. The minimum Gasteiger partial charge on any atom is -0.481 e. The van der Waals surface area contributed by atoms with Gasteiger partial charge in [0, 0.05) is 5.57 Å². The molecule has 0 bridgehead atoms. The summed E-state index contributed by atoms with van der Waals surface area (Å²) >= 11 is 0. The number of hydrogen-bond donors (Lipinski definition) is 1. The molecule has 0 aromatic rings. The Bertz CT molecular complexity index is 372. The summed E-state index contributed by atoms with van der Waals surface area (Å²) < 4.78 is 0. The summed E-state index contributed by atoms with van der Waals surface area (Å²) in [6.07, 6.45) is 5.24. The monoisotopic (exact) mass is 205 g/mol. The van der Waals surface area contributed by atoms with E-state index in [2.05, 4.69) is 6.07 Å². The third kappa shape index (κ3) is 2.10. The second-order valence-electron chi connectivity index (χ2n) is 4.40. The molecule has 0 aromatic carbocycles. The summed E-state index contributed by atoms with van der Waals surface area (Å²) in [7, 11) is 0. The van der Waals surface area contributed by atoms with Crippen LogP contribution in [0.5, 0.6) is 0 Å². The molecule has 1 aliphatic carbocycles. The van der Waals surface area contributed by atoms with Crippen molar-refractivity contribution in [2.75, 3.05) is 0 Å². The van der Waals surface area contributed by atoms with Crippen LogP contribution >= 0.6 is 0 Å². The van der Waals surface area contributed by atoms with Gasteiger partial charge >= 0.3 is 5.97 Å². The highest BCUT2D eigenvalue weighted by molar-refractivity contribution is 5.76. The van der Waals surface area contributed by atoms with Crippen LogP contribution in [0.3, 0.4) is 0 Å². The van der Waals surface area contributed by atoms with Crippen LogP contribution in [0.15, 0.2) is 23.8 Å². The van der Waals surface area contributed by atoms with Gasteiger partial charge in [0.25, 0.3) is 0 Å². The number of carboxylic acids is 1. The van der Waals surface area contributed by atoms with Crippen molar-refractivity contribution in [3.8, 4) is 6.07 Å². The maximum absolute atomic E-state index is 10.9. The summed E-state index contributed by atoms with van der Waals surface area (Å²) in [5.74, 6) is -1.16. The first-order valence-electron chi connectivity index (χ1n) is 4.92. The molecule has 3 heteroatoms. The van der Waals surface area contributed by atoms with E-state index in [1.807, 2.05) is 20.8 Å². The number of nitriles is 1. The second-order valence-corrected chi connectivity index (χ2v) is 4.40. The molecule has 0 aromatic heterocycles. The van der Waals surface area contributed by atoms with Crippen molar-refractivity contribution in [2.24, 2.45) is 17.3 Å². The molecule has 2 atom stereocenters. The molecule has 0 radical (unpaired) electrons. The van der Waals surface area contributed by atoms with Crippen LogP contribution in [0.1, 0.15) is 20.8 Å². The van der Waals surface area contributed by atoms with Crippen molar-refractivity contribution in [3.05, 3.63) is 23.8 Å². The molecule has 1 unspecified atom stereocenters. The molecule has 0 heterocycles. The molecule has 15 heavy (non-hydrogen) atoms. The Morgan fingerprint density at radius 1 is 1.53 bits per heavy atom. The molecular weight excluding hydrogens is 190 g/mol. The summed E-state index contributed by atoms with van der Waals surface area (Å²) in [5.41, 5.74) is 0.314. The molecule has 0 saturated heterocycles. The molecule has 0 spiro atoms. The van der Waals surface area contributed by atoms with Gasteiger partial charge in [-0.1, -0.05) is 26.0 Å². The van der Waals surface area contributed by atoms with Gasteiger partial charge in [-0.3, -0.25) is 4.79 Å². The maximum Gasteiger partial charge on any atom is 0.307 e. The molecule has 0 aliphatic heterocycles. The Morgan fingerprint density at radius 2 is 2.13 bits per heavy atom. The van der Waals surface area contributed by atoms with Gasteiger partial charge in [-0.15, -0.1) is 0 Å². The van der Waals surface area contributed by atoms with Crippen molar-refractivity contribution < 1.29 is 9.90 Å². The zero-order valence-corrected chi connectivity index (χ0v) is 9.19. The number of carbonyl (C=O) groups is 1. The van der Waals surface area contributed by atoms with Crippen LogP contribution in [0.2, 0.25) is 0 Å². The van der Waals surface area contributed by atoms with E-state index in [1.165, 1.54) is 0 Å². The van der Waals surface area contributed by atoms with Crippen LogP contribution in [0.25, 0.3) is 0 Å². The molecule has 1 fully saturated rings. The summed E-state index contributed by atoms with van der Waals surface area (Å²) in [4.78, 5) is 10.9. The number of carboxylic acid groups (broad SMARTS) is 1. The first-order valence-corrected chi connectivity index (χ1v) is 4.92. The Kier molecular flexibility index (Phi) is 2.99. The van der Waals surface area contributed by atoms with Crippen molar-refractivity contribution in [1.29, 1.82) is 5.26 Å². The summed E-state index contributed by atoms with van der Waals surface area (Å²) in [5, 5.41) is 17.8. The van der Waals surface area contributed by atoms with Gasteiger partial charge in [-0.2, -0.15) is 5.26 Å². The molecule has 80 valence electrons. The van der Waals surface area contributed by atoms with Crippen LogP contribution in [-0.2, 0) is 4.79 Å². The van der Waals surface area contributed by atoms with Crippen LogP contribution in [0.4, 0.5) is 0 Å². The van der Waals surface area contributed by atoms with E-state index in [1.54, 1.807) is 18.2 Å². The van der Waals surface area contributed by atoms with Gasteiger partial charge in [0.05, 0.1) is 12.0 Å². The lowest BCUT2D eigenvalue weighted by Gasteiger charge is -1.96. The largest absolute Gasteiger partial charge is 0.481 e. The first-order chi connectivity index (χ1) is 6.95. The van der Waals surface area contributed by atoms with E-state index in [9.17, 15) is 4.79 Å². The molecule has 0 amide bonds. The number of nitrogens with zero attached hydrogens (tertiary/aromatic N) is 1. The standard InChI is InChI=1S/C12H15NO2/c1-4-5-8(7-13)6-9-10(11(14)15)12(9,2)3/h4-6,9-10H,1-3H3,(H,14,15)/b5-4+,8-6-/t9?,10-/m0/s1. The van der Waals surface area contributed by atoms with E-state index in [-0.39, 0.29) is 17.3 Å². The topological polar surface area (TPSA) is 61.1 Å². The van der Waals surface area contributed by atoms with Crippen LogP contribution in [0, 0.1) is 28.6 Å². The zero-order chi connectivity index (χ0) is 11.6. The molecule has 1 N–H and O–H groups in total. The predicted molar refractivity (Wildman–Crippen MR) is 56.9 cm³/mol. The molecule has 1 aliphatic rings. The van der Waals surface area contributed by atoms with Gasteiger partial charge in [0.1, 0.15) is 0 Å². The third-order valence-corrected chi connectivity index (χ3v) is 3.01. The van der Waals surface area contributed by atoms with Crippen molar-refractivity contribution >= 4 is 5.97 Å². The molecule has 1 saturated carbocycles. The van der Waals surface area contributed by atoms with Gasteiger partial charge < -0.3 is 5.11 Å². The average molecular weight is 205 g/mol. The fourth-order valence-electron chi connectivity index (χ4n) is 1.96. The van der Waals surface area contributed by atoms with E-state index in [0.717, 1.165) is 0 Å². The van der Waals surface area contributed by atoms with Crippen molar-refractivity contribution in [1.82, 2.24) is 0 Å². The number of allylic oxidation sites excluding steroid dienone is 4. The molecular formula is C12H15NO2. The highest BCUT2D eigenvalue weighted by atomic mass is 16.4. The Hall–Kier alpha value is -1.56. The highest BCUT2D eigenvalue weighted by Gasteiger charge is 2.60. The lowest BCUT2D eigenvalue weighted by Crippen LogP contribution is -2.03. The second kappa shape index (κ2) is 3.90. The minimum absolute atomic E-state index is 0.0270. The zero-order valence-electron chi connectivity index (χ0n) is 9.19. The quantitative estimate of drug-likeness (QED) is 0.568. The van der Waals surface area contributed by atoms with Crippen molar-refractivity contribution in [2.45, 2.75) is 20.8 Å².